The van der Waals surface area contributed by atoms with Gasteiger partial charge < -0.3 is 0 Å². The fourth-order valence-corrected chi connectivity index (χ4v) is 4.40. The Morgan fingerprint density at radius 3 is 1.50 bits per heavy atom. The standard InChI is InChI=1S/C28H56/c1-5-7-9-11-13-15-17-19-21-23-25-28(26-27(3)4)24-22-20-18-16-14-12-10-8-6-2/h18,20,27-28H,5-17,19,21-26H2,1-4H3. The molecule has 168 valence electrons. The Bertz CT molecular complexity index is 301. The van der Waals surface area contributed by atoms with E-state index in [1.807, 2.05) is 0 Å². The van der Waals surface area contributed by atoms with Crippen molar-refractivity contribution in [1.29, 1.82) is 0 Å². The Morgan fingerprint density at radius 2 is 0.964 bits per heavy atom. The van der Waals surface area contributed by atoms with Crippen LogP contribution in [-0.4, -0.2) is 0 Å². The van der Waals surface area contributed by atoms with E-state index in [1.165, 1.54) is 128 Å². The van der Waals surface area contributed by atoms with Crippen LogP contribution in [0.3, 0.4) is 0 Å². The van der Waals surface area contributed by atoms with Crippen molar-refractivity contribution in [3.05, 3.63) is 12.2 Å². The van der Waals surface area contributed by atoms with Gasteiger partial charge in [0.05, 0.1) is 0 Å². The molecule has 0 aliphatic heterocycles. The molecular formula is C28H56. The normalized spacial score (nSPS) is 13.0. The van der Waals surface area contributed by atoms with Crippen molar-refractivity contribution >= 4 is 0 Å². The van der Waals surface area contributed by atoms with Crippen molar-refractivity contribution in [2.75, 3.05) is 0 Å². The SMILES string of the molecule is CCCCCCCC=CCCC(CCCCCCCCCCCC)CC(C)C. The molecule has 0 fully saturated rings. The maximum Gasteiger partial charge on any atom is -0.0348 e. The molecule has 28 heavy (non-hydrogen) atoms. The molecule has 0 N–H and O–H groups in total. The summed E-state index contributed by atoms with van der Waals surface area (Å²) in [5, 5.41) is 0. The zero-order valence-corrected chi connectivity index (χ0v) is 20.5. The summed E-state index contributed by atoms with van der Waals surface area (Å²) in [5.41, 5.74) is 0. The highest BCUT2D eigenvalue weighted by molar-refractivity contribution is 4.82. The minimum atomic E-state index is 0.857. The first kappa shape index (κ1) is 27.7. The fraction of sp³-hybridized carbons (Fsp3) is 0.929. The number of rotatable bonds is 22. The second-order valence-corrected chi connectivity index (χ2v) is 9.72. The third-order valence-corrected chi connectivity index (χ3v) is 6.15. The maximum atomic E-state index is 2.48. The largest absolute Gasteiger partial charge is 0.0885 e. The van der Waals surface area contributed by atoms with Gasteiger partial charge in [-0.2, -0.15) is 0 Å². The number of hydrogen-bond acceptors (Lipinski definition) is 0. The molecule has 0 aliphatic rings. The Labute approximate surface area is 180 Å². The molecule has 0 amide bonds. The highest BCUT2D eigenvalue weighted by atomic mass is 14.2. The summed E-state index contributed by atoms with van der Waals surface area (Å²) < 4.78 is 0. The first-order chi connectivity index (χ1) is 13.7. The van der Waals surface area contributed by atoms with Crippen LogP contribution in [0.15, 0.2) is 12.2 Å². The van der Waals surface area contributed by atoms with Crippen LogP contribution in [0.25, 0.3) is 0 Å². The lowest BCUT2D eigenvalue weighted by molar-refractivity contribution is 0.352. The maximum absolute atomic E-state index is 2.48. The van der Waals surface area contributed by atoms with Crippen molar-refractivity contribution in [2.24, 2.45) is 11.8 Å². The number of allylic oxidation sites excluding steroid dienone is 2. The Kier molecular flexibility index (Phi) is 22.8. The van der Waals surface area contributed by atoms with E-state index in [0.717, 1.165) is 11.8 Å². The molecule has 0 saturated carbocycles. The molecular weight excluding hydrogens is 336 g/mol. The monoisotopic (exact) mass is 392 g/mol. The third kappa shape index (κ3) is 22.0. The van der Waals surface area contributed by atoms with E-state index in [0.29, 0.717) is 0 Å². The highest BCUT2D eigenvalue weighted by Crippen LogP contribution is 2.24. The molecule has 0 saturated heterocycles. The van der Waals surface area contributed by atoms with E-state index in [2.05, 4.69) is 39.8 Å². The van der Waals surface area contributed by atoms with Gasteiger partial charge in [-0.1, -0.05) is 136 Å². The average Bonchev–Trinajstić information content (AvgIpc) is 2.67. The first-order valence-corrected chi connectivity index (χ1v) is 13.4. The highest BCUT2D eigenvalue weighted by Gasteiger charge is 2.10. The van der Waals surface area contributed by atoms with Crippen molar-refractivity contribution in [2.45, 2.75) is 156 Å². The van der Waals surface area contributed by atoms with Crippen LogP contribution < -0.4 is 0 Å². The van der Waals surface area contributed by atoms with Crippen molar-refractivity contribution in [1.82, 2.24) is 0 Å². The molecule has 0 rings (SSSR count). The smallest absolute Gasteiger partial charge is 0.0348 e. The summed E-state index contributed by atoms with van der Waals surface area (Å²) in [5.74, 6) is 1.82. The van der Waals surface area contributed by atoms with E-state index >= 15 is 0 Å². The molecule has 0 nitrogen and oxygen atoms in total. The average molecular weight is 393 g/mol. The van der Waals surface area contributed by atoms with E-state index in [9.17, 15) is 0 Å². The lowest BCUT2D eigenvalue weighted by Gasteiger charge is -2.18. The molecule has 0 heterocycles. The van der Waals surface area contributed by atoms with Crippen LogP contribution in [0.4, 0.5) is 0 Å². The zero-order chi connectivity index (χ0) is 20.7. The van der Waals surface area contributed by atoms with E-state index in [1.54, 1.807) is 0 Å². The van der Waals surface area contributed by atoms with Gasteiger partial charge in [-0.15, -0.1) is 0 Å². The van der Waals surface area contributed by atoms with Crippen LogP contribution in [0.2, 0.25) is 0 Å². The lowest BCUT2D eigenvalue weighted by Crippen LogP contribution is -2.04. The van der Waals surface area contributed by atoms with Crippen LogP contribution >= 0.6 is 0 Å². The minimum Gasteiger partial charge on any atom is -0.0885 e. The van der Waals surface area contributed by atoms with E-state index in [4.69, 9.17) is 0 Å². The molecule has 0 radical (unpaired) electrons. The van der Waals surface area contributed by atoms with Crippen molar-refractivity contribution < 1.29 is 0 Å². The fourth-order valence-electron chi connectivity index (χ4n) is 4.40. The van der Waals surface area contributed by atoms with E-state index in [-0.39, 0.29) is 0 Å². The van der Waals surface area contributed by atoms with Crippen LogP contribution in [0.1, 0.15) is 156 Å². The van der Waals surface area contributed by atoms with Crippen molar-refractivity contribution in [3.8, 4) is 0 Å². The second kappa shape index (κ2) is 23.0. The third-order valence-electron chi connectivity index (χ3n) is 6.15. The molecule has 0 aromatic rings. The molecule has 0 aromatic carbocycles. The number of hydrogen-bond donors (Lipinski definition) is 0. The predicted octanol–water partition coefficient (Wildman–Crippen LogP) is 10.7. The summed E-state index contributed by atoms with van der Waals surface area (Å²) in [6, 6.07) is 0. The molecule has 0 heteroatoms. The van der Waals surface area contributed by atoms with Crippen LogP contribution in [-0.2, 0) is 0 Å². The molecule has 1 unspecified atom stereocenters. The quantitative estimate of drug-likeness (QED) is 0.127. The van der Waals surface area contributed by atoms with Crippen molar-refractivity contribution in [3.63, 3.8) is 0 Å². The summed E-state index contributed by atoms with van der Waals surface area (Å²) >= 11 is 0. The first-order valence-electron chi connectivity index (χ1n) is 13.4. The van der Waals surface area contributed by atoms with Gasteiger partial charge in [0.15, 0.2) is 0 Å². The van der Waals surface area contributed by atoms with Crippen LogP contribution in [0.5, 0.6) is 0 Å². The minimum absolute atomic E-state index is 0.857. The van der Waals surface area contributed by atoms with Gasteiger partial charge in [-0.25, -0.2) is 0 Å². The molecule has 0 spiro atoms. The predicted molar refractivity (Wildman–Crippen MR) is 131 cm³/mol. The Hall–Kier alpha value is -0.260. The summed E-state index contributed by atoms with van der Waals surface area (Å²) in [6.07, 6.45) is 33.4. The van der Waals surface area contributed by atoms with E-state index < -0.39 is 0 Å². The van der Waals surface area contributed by atoms with Gasteiger partial charge in [-0.3, -0.25) is 0 Å². The molecule has 0 bridgehead atoms. The van der Waals surface area contributed by atoms with Gasteiger partial charge in [0.2, 0.25) is 0 Å². The zero-order valence-electron chi connectivity index (χ0n) is 20.5. The summed E-state index contributed by atoms with van der Waals surface area (Å²) in [6.45, 7) is 9.40. The van der Waals surface area contributed by atoms with Gasteiger partial charge >= 0.3 is 0 Å². The second-order valence-electron chi connectivity index (χ2n) is 9.72. The Morgan fingerprint density at radius 1 is 0.500 bits per heavy atom. The summed E-state index contributed by atoms with van der Waals surface area (Å²) in [7, 11) is 0. The molecule has 0 aliphatic carbocycles. The molecule has 1 atom stereocenters. The van der Waals surface area contributed by atoms with Gasteiger partial charge in [-0.05, 0) is 43.9 Å². The molecule has 0 aromatic heterocycles. The lowest BCUT2D eigenvalue weighted by atomic mass is 9.88. The van der Waals surface area contributed by atoms with Gasteiger partial charge in [0, 0.05) is 0 Å². The number of unbranched alkanes of at least 4 members (excludes halogenated alkanes) is 14. The van der Waals surface area contributed by atoms with Crippen LogP contribution in [0, 0.1) is 11.8 Å². The van der Waals surface area contributed by atoms with Gasteiger partial charge in [0.1, 0.15) is 0 Å². The topological polar surface area (TPSA) is 0 Å². The Balaban J connectivity index is 3.65. The van der Waals surface area contributed by atoms with Gasteiger partial charge in [0.25, 0.3) is 0 Å². The summed E-state index contributed by atoms with van der Waals surface area (Å²) in [4.78, 5) is 0.